The lowest BCUT2D eigenvalue weighted by molar-refractivity contribution is 0.668. The van der Waals surface area contributed by atoms with Crippen LogP contribution in [0.3, 0.4) is 0 Å². The summed E-state index contributed by atoms with van der Waals surface area (Å²) in [7, 11) is 0. The normalized spacial score (nSPS) is 16.6. The first-order valence-electron chi connectivity index (χ1n) is 16.7. The van der Waals surface area contributed by atoms with Crippen LogP contribution in [-0.4, -0.2) is 35.1 Å². The van der Waals surface area contributed by atoms with Crippen LogP contribution >= 0.6 is 0 Å². The standard InChI is InChI=1S/C42H27N7O/c1-3-9-32-27(7-1)30-24-43-19-16-34(30)48(32)36-11-5-12-37(49-33-10-4-2-8-28(33)31-25-44-20-17-35(31)49)41(36)47-22-21-46-42(47)26-14-15-38-29(23-26)40-39(50-38)13-6-18-45-40/h1-25,27,32H. The van der Waals surface area contributed by atoms with Crippen molar-refractivity contribution in [3.8, 4) is 22.8 Å². The molecule has 2 unspecified atom stereocenters. The SMILES string of the molecule is C1=CC2c3cnccc3N(c3cccc(-n4c5ccccc5c5cnccc54)c3-n3ccnc3-c3ccc4oc5cccnc5c4c3)C2C=C1. The van der Waals surface area contributed by atoms with Crippen molar-refractivity contribution in [3.63, 3.8) is 0 Å². The monoisotopic (exact) mass is 645 g/mol. The van der Waals surface area contributed by atoms with E-state index >= 15 is 0 Å². The second-order valence-electron chi connectivity index (χ2n) is 12.8. The maximum atomic E-state index is 6.14. The Morgan fingerprint density at radius 2 is 1.50 bits per heavy atom. The van der Waals surface area contributed by atoms with E-state index in [9.17, 15) is 0 Å². The van der Waals surface area contributed by atoms with Crippen LogP contribution < -0.4 is 4.90 Å². The summed E-state index contributed by atoms with van der Waals surface area (Å²) in [5.41, 5.74) is 11.0. The van der Waals surface area contributed by atoms with Gasteiger partial charge in [-0.2, -0.15) is 0 Å². The van der Waals surface area contributed by atoms with E-state index in [2.05, 4.69) is 126 Å². The van der Waals surface area contributed by atoms with Crippen LogP contribution in [0.4, 0.5) is 11.4 Å². The van der Waals surface area contributed by atoms with Crippen LogP contribution in [0.2, 0.25) is 0 Å². The zero-order chi connectivity index (χ0) is 32.8. The van der Waals surface area contributed by atoms with Gasteiger partial charge in [0, 0.05) is 82.3 Å². The van der Waals surface area contributed by atoms with E-state index in [-0.39, 0.29) is 12.0 Å². The smallest absolute Gasteiger partial charge is 0.153 e. The van der Waals surface area contributed by atoms with Gasteiger partial charge in [-0.15, -0.1) is 0 Å². The van der Waals surface area contributed by atoms with Crippen LogP contribution in [0.25, 0.3) is 66.6 Å². The zero-order valence-corrected chi connectivity index (χ0v) is 26.6. The lowest BCUT2D eigenvalue weighted by atomic mass is 9.92. The van der Waals surface area contributed by atoms with Gasteiger partial charge in [-0.25, -0.2) is 4.98 Å². The molecule has 0 bridgehead atoms. The average Bonchev–Trinajstić information content (AvgIpc) is 3.95. The summed E-state index contributed by atoms with van der Waals surface area (Å²) < 4.78 is 10.7. The fourth-order valence-electron chi connectivity index (χ4n) is 8.11. The molecule has 1 aliphatic carbocycles. The number of imidazole rings is 1. The molecule has 3 aromatic carbocycles. The van der Waals surface area contributed by atoms with Crippen LogP contribution in [0.5, 0.6) is 0 Å². The number of allylic oxidation sites excluding steroid dienone is 2. The van der Waals surface area contributed by atoms with Crippen molar-refractivity contribution in [3.05, 3.63) is 158 Å². The maximum absolute atomic E-state index is 6.14. The van der Waals surface area contributed by atoms with Gasteiger partial charge in [-0.3, -0.25) is 19.5 Å². The molecule has 0 saturated heterocycles. The van der Waals surface area contributed by atoms with Crippen molar-refractivity contribution in [2.24, 2.45) is 0 Å². The number of pyridine rings is 3. The molecule has 2 aliphatic rings. The first-order valence-corrected chi connectivity index (χ1v) is 16.7. The van der Waals surface area contributed by atoms with Gasteiger partial charge in [0.05, 0.1) is 34.1 Å². The van der Waals surface area contributed by atoms with Crippen molar-refractivity contribution < 1.29 is 4.42 Å². The first-order chi connectivity index (χ1) is 24.8. The number of aromatic nitrogens is 6. The Labute approximate surface area is 285 Å². The number of nitrogens with zero attached hydrogens (tertiary/aromatic N) is 7. The number of hydrogen-bond donors (Lipinski definition) is 0. The van der Waals surface area contributed by atoms with Gasteiger partial charge in [0.15, 0.2) is 5.58 Å². The van der Waals surface area contributed by atoms with Crippen LogP contribution in [0, 0.1) is 0 Å². The van der Waals surface area contributed by atoms with Crippen LogP contribution in [0.1, 0.15) is 11.5 Å². The van der Waals surface area contributed by atoms with Gasteiger partial charge in [-0.05, 0) is 60.7 Å². The number of para-hydroxylation sites is 2. The van der Waals surface area contributed by atoms with Crippen molar-refractivity contribution in [2.75, 3.05) is 4.90 Å². The Morgan fingerprint density at radius 1 is 0.620 bits per heavy atom. The summed E-state index contributed by atoms with van der Waals surface area (Å²) >= 11 is 0. The molecule has 0 fully saturated rings. The van der Waals surface area contributed by atoms with E-state index < -0.39 is 0 Å². The molecule has 0 N–H and O–H groups in total. The quantitative estimate of drug-likeness (QED) is 0.190. The molecule has 50 heavy (non-hydrogen) atoms. The van der Waals surface area contributed by atoms with E-state index in [1.165, 1.54) is 5.56 Å². The molecule has 8 nitrogen and oxygen atoms in total. The third-order valence-corrected chi connectivity index (χ3v) is 10.2. The predicted molar refractivity (Wildman–Crippen MR) is 197 cm³/mol. The van der Waals surface area contributed by atoms with Crippen molar-refractivity contribution in [2.45, 2.75) is 12.0 Å². The number of hydrogen-bond acceptors (Lipinski definition) is 6. The molecular formula is C42H27N7O. The number of anilines is 2. The minimum atomic E-state index is 0.0854. The summed E-state index contributed by atoms with van der Waals surface area (Å²) in [6.45, 7) is 0. The molecule has 0 amide bonds. The lowest BCUT2D eigenvalue weighted by Gasteiger charge is -2.32. The molecule has 0 spiro atoms. The number of fused-ring (bicyclic) bond motifs is 9. The summed E-state index contributed by atoms with van der Waals surface area (Å²) in [5.74, 6) is 1.00. The predicted octanol–water partition coefficient (Wildman–Crippen LogP) is 9.45. The van der Waals surface area contributed by atoms with Gasteiger partial charge in [0.25, 0.3) is 0 Å². The fourth-order valence-corrected chi connectivity index (χ4v) is 8.11. The molecule has 236 valence electrons. The second-order valence-corrected chi connectivity index (χ2v) is 12.8. The van der Waals surface area contributed by atoms with E-state index in [0.29, 0.717) is 0 Å². The molecule has 0 radical (unpaired) electrons. The van der Waals surface area contributed by atoms with Gasteiger partial charge >= 0.3 is 0 Å². The Morgan fingerprint density at radius 3 is 2.50 bits per heavy atom. The lowest BCUT2D eigenvalue weighted by Crippen LogP contribution is -2.29. The third-order valence-electron chi connectivity index (χ3n) is 10.2. The summed E-state index contributed by atoms with van der Waals surface area (Å²) in [4.78, 5) is 21.2. The topological polar surface area (TPSA) is 77.8 Å². The summed E-state index contributed by atoms with van der Waals surface area (Å²) in [6, 6.07) is 29.6. The van der Waals surface area contributed by atoms with Gasteiger partial charge in [0.2, 0.25) is 0 Å². The number of benzene rings is 3. The molecular weight excluding hydrogens is 619 g/mol. The van der Waals surface area contributed by atoms with Crippen molar-refractivity contribution in [1.82, 2.24) is 29.1 Å². The Hall–Kier alpha value is -6.80. The number of rotatable bonds is 4. The highest BCUT2D eigenvalue weighted by molar-refractivity contribution is 6.09. The fraction of sp³-hybridized carbons (Fsp3) is 0.0476. The van der Waals surface area contributed by atoms with Crippen LogP contribution in [0.15, 0.2) is 157 Å². The molecule has 11 rings (SSSR count). The van der Waals surface area contributed by atoms with Gasteiger partial charge in [0.1, 0.15) is 16.9 Å². The van der Waals surface area contributed by atoms with Gasteiger partial charge < -0.3 is 13.9 Å². The van der Waals surface area contributed by atoms with Crippen LogP contribution in [-0.2, 0) is 0 Å². The first kappa shape index (κ1) is 27.2. The zero-order valence-electron chi connectivity index (χ0n) is 26.6. The minimum Gasteiger partial charge on any atom is -0.454 e. The molecule has 8 heteroatoms. The highest BCUT2D eigenvalue weighted by Crippen LogP contribution is 2.50. The van der Waals surface area contributed by atoms with E-state index in [4.69, 9.17) is 9.40 Å². The number of furan rings is 1. The highest BCUT2D eigenvalue weighted by atomic mass is 16.3. The summed E-state index contributed by atoms with van der Waals surface area (Å²) in [6.07, 6.45) is 22.4. The van der Waals surface area contributed by atoms with E-state index in [1.54, 1.807) is 6.20 Å². The third kappa shape index (κ3) is 3.75. The Balaban J connectivity index is 1.22. The molecule has 9 aromatic rings. The molecule has 6 aromatic heterocycles. The highest BCUT2D eigenvalue weighted by Gasteiger charge is 2.39. The van der Waals surface area contributed by atoms with Crippen molar-refractivity contribution >= 4 is 55.2 Å². The Kier molecular flexibility index (Phi) is 5.63. The minimum absolute atomic E-state index is 0.0854. The molecule has 7 heterocycles. The molecule has 2 atom stereocenters. The van der Waals surface area contributed by atoms with Crippen molar-refractivity contribution in [1.29, 1.82) is 0 Å². The summed E-state index contributed by atoms with van der Waals surface area (Å²) in [5, 5.41) is 3.22. The Bertz CT molecular complexity index is 2820. The van der Waals surface area contributed by atoms with E-state index in [1.807, 2.05) is 49.2 Å². The maximum Gasteiger partial charge on any atom is 0.153 e. The molecule has 1 aliphatic heterocycles. The largest absolute Gasteiger partial charge is 0.454 e. The van der Waals surface area contributed by atoms with E-state index in [0.717, 1.165) is 78.0 Å². The average molecular weight is 646 g/mol. The molecule has 0 saturated carbocycles. The second kappa shape index (κ2) is 10.3. The van der Waals surface area contributed by atoms with Gasteiger partial charge in [-0.1, -0.05) is 48.6 Å².